The first kappa shape index (κ1) is 17.5. The van der Waals surface area contributed by atoms with Crippen molar-refractivity contribution < 1.29 is 22.6 Å². The van der Waals surface area contributed by atoms with Gasteiger partial charge >= 0.3 is 6.18 Å². The number of aromatic amines is 1. The fourth-order valence-corrected chi connectivity index (χ4v) is 2.48. The quantitative estimate of drug-likeness (QED) is 0.617. The molecular formula is C12H10BrF3N4O2S. The summed E-state index contributed by atoms with van der Waals surface area (Å²) in [6.07, 6.45) is -3.48. The van der Waals surface area contributed by atoms with E-state index in [0.29, 0.717) is 26.2 Å². The van der Waals surface area contributed by atoms with Crippen LogP contribution in [0.3, 0.4) is 0 Å². The number of nitrogens with one attached hydrogen (secondary N) is 1. The van der Waals surface area contributed by atoms with E-state index in [1.165, 1.54) is 20.4 Å². The molecule has 2 aromatic rings. The topological polar surface area (TPSA) is 64.4 Å². The SMILES string of the molecule is COc1ccc(/C=N\n2c(C(F)(F)F)n[nH]c2=S)c(Br)c1OC. The molecular weight excluding hydrogens is 401 g/mol. The molecule has 1 N–H and O–H groups in total. The molecule has 0 saturated carbocycles. The zero-order valence-electron chi connectivity index (χ0n) is 11.8. The molecule has 1 aromatic heterocycles. The molecule has 23 heavy (non-hydrogen) atoms. The molecule has 6 nitrogen and oxygen atoms in total. The number of aromatic nitrogens is 3. The van der Waals surface area contributed by atoms with E-state index in [1.807, 2.05) is 0 Å². The lowest BCUT2D eigenvalue weighted by Crippen LogP contribution is -2.12. The summed E-state index contributed by atoms with van der Waals surface area (Å²) in [7, 11) is 2.91. The molecule has 11 heteroatoms. The first-order valence-electron chi connectivity index (χ1n) is 5.99. The second-order valence-corrected chi connectivity index (χ2v) is 5.29. The minimum atomic E-state index is -4.68. The van der Waals surface area contributed by atoms with Crippen molar-refractivity contribution in [1.82, 2.24) is 14.9 Å². The van der Waals surface area contributed by atoms with Crippen molar-refractivity contribution in [3.05, 3.63) is 32.8 Å². The molecule has 0 spiro atoms. The van der Waals surface area contributed by atoms with Crippen molar-refractivity contribution in [3.63, 3.8) is 0 Å². The number of hydrogen-bond donors (Lipinski definition) is 1. The summed E-state index contributed by atoms with van der Waals surface area (Å²) in [5.41, 5.74) is 0.471. The molecule has 124 valence electrons. The highest BCUT2D eigenvalue weighted by atomic mass is 79.9. The summed E-state index contributed by atoms with van der Waals surface area (Å²) in [5, 5.41) is 8.94. The molecule has 0 atom stereocenters. The first-order valence-corrected chi connectivity index (χ1v) is 7.19. The molecule has 0 fully saturated rings. The zero-order valence-corrected chi connectivity index (χ0v) is 14.2. The van der Waals surface area contributed by atoms with Gasteiger partial charge in [0.15, 0.2) is 11.5 Å². The van der Waals surface area contributed by atoms with Gasteiger partial charge in [-0.25, -0.2) is 5.10 Å². The molecule has 1 heterocycles. The molecule has 0 amide bonds. The largest absolute Gasteiger partial charge is 0.493 e. The van der Waals surface area contributed by atoms with Crippen LogP contribution in [0.15, 0.2) is 21.7 Å². The molecule has 0 aliphatic rings. The minimum absolute atomic E-state index is 0.273. The summed E-state index contributed by atoms with van der Waals surface area (Å²) >= 11 is 8.05. The van der Waals surface area contributed by atoms with Gasteiger partial charge in [-0.1, -0.05) is 0 Å². The van der Waals surface area contributed by atoms with Crippen LogP contribution in [-0.4, -0.2) is 35.3 Å². The minimum Gasteiger partial charge on any atom is -0.493 e. The van der Waals surface area contributed by atoms with E-state index in [0.717, 1.165) is 0 Å². The number of hydrogen-bond acceptors (Lipinski definition) is 5. The number of methoxy groups -OCH3 is 2. The number of nitrogens with zero attached hydrogens (tertiary/aromatic N) is 3. The maximum absolute atomic E-state index is 12.8. The van der Waals surface area contributed by atoms with Gasteiger partial charge in [0.25, 0.3) is 5.82 Å². The smallest absolute Gasteiger partial charge is 0.453 e. The van der Waals surface area contributed by atoms with E-state index in [-0.39, 0.29) is 4.77 Å². The lowest BCUT2D eigenvalue weighted by Gasteiger charge is -2.11. The average molecular weight is 411 g/mol. The normalized spacial score (nSPS) is 11.9. The molecule has 0 saturated heterocycles. The van der Waals surface area contributed by atoms with E-state index in [1.54, 1.807) is 12.1 Å². The molecule has 1 aromatic carbocycles. The number of halogens is 4. The Labute approximate surface area is 142 Å². The third-order valence-electron chi connectivity index (χ3n) is 2.73. The number of alkyl halides is 3. The van der Waals surface area contributed by atoms with Crippen molar-refractivity contribution in [2.75, 3.05) is 14.2 Å². The molecule has 0 unspecified atom stereocenters. The maximum Gasteiger partial charge on any atom is 0.453 e. The number of benzene rings is 1. The number of ether oxygens (including phenoxy) is 2. The predicted molar refractivity (Wildman–Crippen MR) is 82.7 cm³/mol. The van der Waals surface area contributed by atoms with Crippen LogP contribution in [0.1, 0.15) is 11.4 Å². The van der Waals surface area contributed by atoms with Crippen LogP contribution < -0.4 is 9.47 Å². The van der Waals surface area contributed by atoms with Gasteiger partial charge in [0, 0.05) is 5.56 Å². The molecule has 0 radical (unpaired) electrons. The van der Waals surface area contributed by atoms with Crippen LogP contribution in [-0.2, 0) is 6.18 Å². The van der Waals surface area contributed by atoms with Crippen LogP contribution in [0.5, 0.6) is 11.5 Å². The predicted octanol–water partition coefficient (Wildman–Crippen LogP) is 3.62. The van der Waals surface area contributed by atoms with E-state index >= 15 is 0 Å². The Balaban J connectivity index is 2.47. The van der Waals surface area contributed by atoms with Gasteiger partial charge in [-0.15, -0.1) is 5.10 Å². The highest BCUT2D eigenvalue weighted by Crippen LogP contribution is 2.37. The van der Waals surface area contributed by atoms with Crippen LogP contribution in [0.2, 0.25) is 0 Å². The Bertz CT molecular complexity index is 801. The second-order valence-electron chi connectivity index (χ2n) is 4.11. The first-order chi connectivity index (χ1) is 10.8. The average Bonchev–Trinajstić information content (AvgIpc) is 2.86. The Morgan fingerprint density at radius 1 is 1.35 bits per heavy atom. The Morgan fingerprint density at radius 2 is 2.04 bits per heavy atom. The second kappa shape index (κ2) is 6.71. The Hall–Kier alpha value is -1.88. The monoisotopic (exact) mass is 410 g/mol. The van der Waals surface area contributed by atoms with Gasteiger partial charge < -0.3 is 9.47 Å². The van der Waals surface area contributed by atoms with Gasteiger partial charge in [-0.05, 0) is 40.3 Å². The summed E-state index contributed by atoms with van der Waals surface area (Å²) < 4.78 is 49.5. The van der Waals surface area contributed by atoms with Crippen LogP contribution in [0.25, 0.3) is 0 Å². The van der Waals surface area contributed by atoms with Crippen LogP contribution in [0.4, 0.5) is 13.2 Å². The van der Waals surface area contributed by atoms with Gasteiger partial charge in [0.2, 0.25) is 4.77 Å². The summed E-state index contributed by atoms with van der Waals surface area (Å²) in [6.45, 7) is 0. The lowest BCUT2D eigenvalue weighted by molar-refractivity contribution is -0.147. The molecule has 2 rings (SSSR count). The highest BCUT2D eigenvalue weighted by molar-refractivity contribution is 9.10. The Morgan fingerprint density at radius 3 is 2.61 bits per heavy atom. The van der Waals surface area contributed by atoms with Crippen molar-refractivity contribution >= 4 is 34.4 Å². The summed E-state index contributed by atoms with van der Waals surface area (Å²) in [6, 6.07) is 3.20. The van der Waals surface area contributed by atoms with Crippen molar-refractivity contribution in [1.29, 1.82) is 0 Å². The van der Waals surface area contributed by atoms with Gasteiger partial charge in [-0.2, -0.15) is 22.9 Å². The van der Waals surface area contributed by atoms with Gasteiger partial charge in [0.1, 0.15) is 0 Å². The van der Waals surface area contributed by atoms with Crippen molar-refractivity contribution in [2.45, 2.75) is 6.18 Å². The van der Waals surface area contributed by atoms with Crippen molar-refractivity contribution in [3.8, 4) is 11.5 Å². The lowest BCUT2D eigenvalue weighted by atomic mass is 10.2. The number of rotatable bonds is 4. The fourth-order valence-electron chi connectivity index (χ4n) is 1.71. The molecule has 0 aliphatic heterocycles. The fraction of sp³-hybridized carbons (Fsp3) is 0.250. The summed E-state index contributed by atoms with van der Waals surface area (Å²) in [4.78, 5) is 0. The summed E-state index contributed by atoms with van der Waals surface area (Å²) in [5.74, 6) is -0.383. The molecule has 0 bridgehead atoms. The van der Waals surface area contributed by atoms with E-state index in [4.69, 9.17) is 21.7 Å². The zero-order chi connectivity index (χ0) is 17.2. The third-order valence-corrected chi connectivity index (χ3v) is 3.81. The van der Waals surface area contributed by atoms with E-state index < -0.39 is 12.0 Å². The van der Waals surface area contributed by atoms with Crippen molar-refractivity contribution in [2.24, 2.45) is 5.10 Å². The van der Waals surface area contributed by atoms with E-state index in [9.17, 15) is 13.2 Å². The molecule has 0 aliphatic carbocycles. The van der Waals surface area contributed by atoms with Crippen LogP contribution >= 0.6 is 28.1 Å². The third kappa shape index (κ3) is 3.55. The van der Waals surface area contributed by atoms with E-state index in [2.05, 4.69) is 31.2 Å². The highest BCUT2D eigenvalue weighted by Gasteiger charge is 2.37. The Kier molecular flexibility index (Phi) is 5.09. The standard InChI is InChI=1S/C12H10BrF3N4O2S/c1-21-7-4-3-6(8(13)9(7)22-2)5-17-20-10(12(14,15)16)18-19-11(20)23/h3-5H,1-2H3,(H,19,23)/b17-5-. The number of H-pyrrole nitrogens is 1. The maximum atomic E-state index is 12.8. The van der Waals surface area contributed by atoms with Gasteiger partial charge in [0.05, 0.1) is 24.9 Å². The van der Waals surface area contributed by atoms with Crippen LogP contribution in [0, 0.1) is 4.77 Å². The van der Waals surface area contributed by atoms with Gasteiger partial charge in [-0.3, -0.25) is 0 Å².